The van der Waals surface area contributed by atoms with E-state index in [2.05, 4.69) is 4.72 Å². The first kappa shape index (κ1) is 22.7. The predicted molar refractivity (Wildman–Crippen MR) is 118 cm³/mol. The molecule has 1 N–H and O–H groups in total. The van der Waals surface area contributed by atoms with E-state index in [9.17, 15) is 18.0 Å². The van der Waals surface area contributed by atoms with E-state index in [0.717, 1.165) is 22.9 Å². The van der Waals surface area contributed by atoms with Crippen LogP contribution in [0.15, 0.2) is 62.6 Å². The molecule has 3 aromatic rings. The summed E-state index contributed by atoms with van der Waals surface area (Å²) in [6, 6.07) is 11.4. The third-order valence-electron chi connectivity index (χ3n) is 4.90. The van der Waals surface area contributed by atoms with Crippen LogP contribution < -0.4 is 15.1 Å². The molecule has 1 atom stereocenters. The number of aryl methyl sites for hydroxylation is 2. The highest BCUT2D eigenvalue weighted by atomic mass is 32.2. The van der Waals surface area contributed by atoms with Gasteiger partial charge in [-0.1, -0.05) is 37.5 Å². The molecule has 2 aromatic carbocycles. The van der Waals surface area contributed by atoms with Gasteiger partial charge in [-0.2, -0.15) is 4.72 Å². The van der Waals surface area contributed by atoms with Gasteiger partial charge in [0.15, 0.2) is 0 Å². The molecule has 0 spiro atoms. The lowest BCUT2D eigenvalue weighted by atomic mass is 10.1. The van der Waals surface area contributed by atoms with Crippen molar-refractivity contribution in [1.29, 1.82) is 0 Å². The van der Waals surface area contributed by atoms with Gasteiger partial charge in [0.25, 0.3) is 0 Å². The zero-order valence-electron chi connectivity index (χ0n) is 17.7. The number of benzene rings is 2. The fraction of sp³-hybridized carbons (Fsp3) is 0.304. The predicted octanol–water partition coefficient (Wildman–Crippen LogP) is 3.85. The quantitative estimate of drug-likeness (QED) is 0.322. The van der Waals surface area contributed by atoms with Gasteiger partial charge in [-0.15, -0.1) is 0 Å². The van der Waals surface area contributed by atoms with Crippen LogP contribution in [-0.2, 0) is 14.8 Å². The molecular formula is C23H25NO6S. The van der Waals surface area contributed by atoms with Crippen LogP contribution in [-0.4, -0.2) is 20.4 Å². The zero-order valence-corrected chi connectivity index (χ0v) is 18.5. The van der Waals surface area contributed by atoms with Crippen LogP contribution in [0.3, 0.4) is 0 Å². The van der Waals surface area contributed by atoms with E-state index in [1.54, 1.807) is 31.2 Å². The summed E-state index contributed by atoms with van der Waals surface area (Å²) in [4.78, 5) is 24.5. The minimum Gasteiger partial charge on any atom is -0.425 e. The van der Waals surface area contributed by atoms with Gasteiger partial charge in [0.1, 0.15) is 17.4 Å². The zero-order chi connectivity index (χ0) is 22.6. The smallest absolute Gasteiger partial charge is 0.336 e. The van der Waals surface area contributed by atoms with Crippen LogP contribution in [0, 0.1) is 13.8 Å². The number of ether oxygens (including phenoxy) is 1. The summed E-state index contributed by atoms with van der Waals surface area (Å²) in [5.74, 6) is -0.555. The molecule has 3 rings (SSSR count). The molecule has 0 fully saturated rings. The second-order valence-electron chi connectivity index (χ2n) is 7.46. The molecule has 1 aromatic heterocycles. The highest BCUT2D eigenvalue weighted by molar-refractivity contribution is 7.89. The molecule has 0 radical (unpaired) electrons. The number of hydrogen-bond acceptors (Lipinski definition) is 6. The number of hydrogen-bond donors (Lipinski definition) is 1. The summed E-state index contributed by atoms with van der Waals surface area (Å²) in [6.07, 6.45) is 1.72. The van der Waals surface area contributed by atoms with Gasteiger partial charge in [0.2, 0.25) is 10.0 Å². The summed E-state index contributed by atoms with van der Waals surface area (Å²) < 4.78 is 38.6. The van der Waals surface area contributed by atoms with Gasteiger partial charge >= 0.3 is 11.6 Å². The van der Waals surface area contributed by atoms with E-state index in [1.807, 2.05) is 13.8 Å². The molecule has 0 aliphatic carbocycles. The van der Waals surface area contributed by atoms with Gasteiger partial charge in [-0.05, 0) is 50.1 Å². The molecule has 0 saturated heterocycles. The maximum atomic E-state index is 12.8. The Balaban J connectivity index is 1.83. The molecule has 0 amide bonds. The maximum Gasteiger partial charge on any atom is 0.336 e. The number of sulfonamides is 1. The third-order valence-corrected chi connectivity index (χ3v) is 6.39. The molecule has 0 aliphatic rings. The lowest BCUT2D eigenvalue weighted by Gasteiger charge is -2.18. The van der Waals surface area contributed by atoms with Crippen LogP contribution >= 0.6 is 0 Å². The molecular weight excluding hydrogens is 418 g/mol. The van der Waals surface area contributed by atoms with Gasteiger partial charge < -0.3 is 9.15 Å². The van der Waals surface area contributed by atoms with Gasteiger partial charge in [0.05, 0.1) is 4.90 Å². The Morgan fingerprint density at radius 3 is 2.48 bits per heavy atom. The van der Waals surface area contributed by atoms with Crippen LogP contribution in [0.1, 0.15) is 37.3 Å². The summed E-state index contributed by atoms with van der Waals surface area (Å²) in [5, 5.41) is 0.724. The largest absolute Gasteiger partial charge is 0.425 e. The first-order valence-electron chi connectivity index (χ1n) is 10.0. The summed E-state index contributed by atoms with van der Waals surface area (Å²) in [7, 11) is -3.90. The standard InChI is InChI=1S/C23H25NO6S/c1-4-5-6-20(24-31(27,28)18-10-7-15(2)8-11-18)23(26)29-17-9-12-19-16(3)13-22(25)30-21(19)14-17/h7-14,20,24H,4-6H2,1-3H3/t20-/m0/s1. The lowest BCUT2D eigenvalue weighted by molar-refractivity contribution is -0.136. The number of esters is 1. The van der Waals surface area contributed by atoms with Gasteiger partial charge in [-0.25, -0.2) is 18.0 Å². The first-order valence-corrected chi connectivity index (χ1v) is 11.5. The van der Waals surface area contributed by atoms with E-state index in [1.165, 1.54) is 24.3 Å². The average Bonchev–Trinajstić information content (AvgIpc) is 2.71. The monoisotopic (exact) mass is 443 g/mol. The highest BCUT2D eigenvalue weighted by Gasteiger charge is 2.27. The Morgan fingerprint density at radius 1 is 1.10 bits per heavy atom. The Hall–Kier alpha value is -2.97. The summed E-state index contributed by atoms with van der Waals surface area (Å²) in [5.41, 5.74) is 1.47. The first-order chi connectivity index (χ1) is 14.7. The second kappa shape index (κ2) is 9.45. The molecule has 164 valence electrons. The Morgan fingerprint density at radius 2 is 1.81 bits per heavy atom. The van der Waals surface area contributed by atoms with Crippen LogP contribution in [0.2, 0.25) is 0 Å². The maximum absolute atomic E-state index is 12.8. The van der Waals surface area contributed by atoms with Crippen LogP contribution in [0.5, 0.6) is 5.75 Å². The Labute approximate surface area is 181 Å². The molecule has 0 aliphatic heterocycles. The van der Waals surface area contributed by atoms with E-state index in [4.69, 9.17) is 9.15 Å². The number of carbonyl (C=O) groups excluding carboxylic acids is 1. The van der Waals surface area contributed by atoms with Crippen LogP contribution in [0.25, 0.3) is 11.0 Å². The number of nitrogens with one attached hydrogen (secondary N) is 1. The summed E-state index contributed by atoms with van der Waals surface area (Å²) in [6.45, 7) is 5.59. The van der Waals surface area contributed by atoms with E-state index in [0.29, 0.717) is 18.4 Å². The van der Waals surface area contributed by atoms with E-state index >= 15 is 0 Å². The SMILES string of the molecule is CCCC[C@H](NS(=O)(=O)c1ccc(C)cc1)C(=O)Oc1ccc2c(C)cc(=O)oc2c1. The van der Waals surface area contributed by atoms with Crippen molar-refractivity contribution in [2.75, 3.05) is 0 Å². The van der Waals surface area contributed by atoms with Crippen molar-refractivity contribution in [2.45, 2.75) is 51.0 Å². The Kier molecular flexibility index (Phi) is 6.92. The molecule has 7 nitrogen and oxygen atoms in total. The van der Waals surface area contributed by atoms with E-state index in [-0.39, 0.29) is 10.6 Å². The van der Waals surface area contributed by atoms with Crippen molar-refractivity contribution in [2.24, 2.45) is 0 Å². The molecule has 31 heavy (non-hydrogen) atoms. The van der Waals surface area contributed by atoms with Gasteiger partial charge in [0, 0.05) is 17.5 Å². The Bertz CT molecular complexity index is 1250. The third kappa shape index (κ3) is 5.59. The second-order valence-corrected chi connectivity index (χ2v) is 9.17. The number of carbonyl (C=O) groups is 1. The van der Waals surface area contributed by atoms with Crippen molar-refractivity contribution < 1.29 is 22.4 Å². The molecule has 0 unspecified atom stereocenters. The number of unbranched alkanes of at least 4 members (excludes halogenated alkanes) is 1. The van der Waals surface area contributed by atoms with Gasteiger partial charge in [-0.3, -0.25) is 0 Å². The fourth-order valence-corrected chi connectivity index (χ4v) is 4.38. The normalized spacial score (nSPS) is 12.6. The molecule has 1 heterocycles. The average molecular weight is 444 g/mol. The van der Waals surface area contributed by atoms with Crippen molar-refractivity contribution in [1.82, 2.24) is 4.72 Å². The topological polar surface area (TPSA) is 103 Å². The molecule has 0 saturated carbocycles. The number of rotatable bonds is 8. The summed E-state index contributed by atoms with van der Waals surface area (Å²) >= 11 is 0. The van der Waals surface area contributed by atoms with Crippen molar-refractivity contribution in [3.8, 4) is 5.75 Å². The van der Waals surface area contributed by atoms with E-state index < -0.39 is 27.7 Å². The lowest BCUT2D eigenvalue weighted by Crippen LogP contribution is -2.42. The minimum atomic E-state index is -3.90. The van der Waals surface area contributed by atoms with Crippen molar-refractivity contribution in [3.63, 3.8) is 0 Å². The van der Waals surface area contributed by atoms with Crippen LogP contribution in [0.4, 0.5) is 0 Å². The molecule has 0 bridgehead atoms. The van der Waals surface area contributed by atoms with Crippen molar-refractivity contribution >= 4 is 27.0 Å². The number of fused-ring (bicyclic) bond motifs is 1. The fourth-order valence-electron chi connectivity index (χ4n) is 3.16. The minimum absolute atomic E-state index is 0.0790. The highest BCUT2D eigenvalue weighted by Crippen LogP contribution is 2.23. The molecule has 8 heteroatoms. The van der Waals surface area contributed by atoms with Crippen molar-refractivity contribution in [3.05, 3.63) is 70.1 Å².